The van der Waals surface area contributed by atoms with Crippen molar-refractivity contribution in [1.29, 1.82) is 0 Å². The molecule has 0 aliphatic carbocycles. The Labute approximate surface area is 240 Å². The highest BCUT2D eigenvalue weighted by atomic mass is 35.5. The highest BCUT2D eigenvalue weighted by Crippen LogP contribution is 2.43. The first kappa shape index (κ1) is 29.7. The van der Waals surface area contributed by atoms with Gasteiger partial charge in [0, 0.05) is 55.7 Å². The summed E-state index contributed by atoms with van der Waals surface area (Å²) >= 11 is 6.65. The van der Waals surface area contributed by atoms with Gasteiger partial charge in [-0.25, -0.2) is 9.59 Å². The Hall–Kier alpha value is -3.24. The molecular formula is C30H37ClN4O5. The number of pyridine rings is 1. The summed E-state index contributed by atoms with van der Waals surface area (Å²) in [5.74, 6) is -1.90. The summed E-state index contributed by atoms with van der Waals surface area (Å²) in [6.07, 6.45) is 4.92. The van der Waals surface area contributed by atoms with Gasteiger partial charge in [0.2, 0.25) is 0 Å². The monoisotopic (exact) mass is 568 g/mol. The number of dihydropyridines is 1. The Morgan fingerprint density at radius 1 is 1.20 bits per heavy atom. The molecule has 10 heteroatoms. The zero-order chi connectivity index (χ0) is 28.7. The number of carbonyl (C=O) groups is 2. The van der Waals surface area contributed by atoms with E-state index in [1.54, 1.807) is 31.3 Å². The zero-order valence-corrected chi connectivity index (χ0v) is 24.0. The summed E-state index contributed by atoms with van der Waals surface area (Å²) in [6.45, 7) is 6.58. The van der Waals surface area contributed by atoms with E-state index >= 15 is 0 Å². The van der Waals surface area contributed by atoms with Crippen molar-refractivity contribution < 1.29 is 23.8 Å². The van der Waals surface area contributed by atoms with Gasteiger partial charge in [-0.3, -0.25) is 9.88 Å². The molecule has 3 heterocycles. The Morgan fingerprint density at radius 2 is 2.00 bits per heavy atom. The minimum absolute atomic E-state index is 0.0840. The number of likely N-dealkylation sites (tertiary alicyclic amines) is 1. The molecule has 0 amide bonds. The largest absolute Gasteiger partial charge is 0.466 e. The number of nitrogens with zero attached hydrogens (tertiary/aromatic N) is 2. The van der Waals surface area contributed by atoms with Crippen LogP contribution in [0.15, 0.2) is 71.3 Å². The zero-order valence-electron chi connectivity index (χ0n) is 23.2. The highest BCUT2D eigenvalue weighted by Gasteiger charge is 2.45. The van der Waals surface area contributed by atoms with Crippen LogP contribution in [0.2, 0.25) is 5.02 Å². The lowest BCUT2D eigenvalue weighted by atomic mass is 9.80. The van der Waals surface area contributed by atoms with Gasteiger partial charge < -0.3 is 25.3 Å². The van der Waals surface area contributed by atoms with Crippen molar-refractivity contribution in [1.82, 2.24) is 15.2 Å². The van der Waals surface area contributed by atoms with E-state index in [4.69, 9.17) is 31.5 Å². The third-order valence-electron chi connectivity index (χ3n) is 7.47. The van der Waals surface area contributed by atoms with Crippen LogP contribution >= 0.6 is 11.6 Å². The average Bonchev–Trinajstić information content (AvgIpc) is 3.35. The first-order chi connectivity index (χ1) is 19.3. The number of nitrogens with one attached hydrogen (secondary N) is 1. The smallest absolute Gasteiger partial charge is 0.337 e. The number of esters is 2. The van der Waals surface area contributed by atoms with Crippen LogP contribution < -0.4 is 11.1 Å². The molecule has 2 aliphatic heterocycles. The van der Waals surface area contributed by atoms with Crippen LogP contribution in [0, 0.1) is 0 Å². The number of ether oxygens (including phenoxy) is 3. The Balaban J connectivity index is 1.71. The Bertz CT molecular complexity index is 1280. The van der Waals surface area contributed by atoms with Gasteiger partial charge >= 0.3 is 11.9 Å². The highest BCUT2D eigenvalue weighted by molar-refractivity contribution is 6.31. The molecule has 1 aromatic heterocycles. The topological polar surface area (TPSA) is 116 Å². The van der Waals surface area contributed by atoms with Gasteiger partial charge in [0.1, 0.15) is 5.60 Å². The summed E-state index contributed by atoms with van der Waals surface area (Å²) in [6, 6.07) is 11.1. The first-order valence-electron chi connectivity index (χ1n) is 13.5. The molecular weight excluding hydrogens is 532 g/mol. The molecule has 4 rings (SSSR count). The van der Waals surface area contributed by atoms with Crippen LogP contribution in [0.3, 0.4) is 0 Å². The van der Waals surface area contributed by atoms with E-state index in [2.05, 4.69) is 15.2 Å². The number of carbonyl (C=O) groups excluding carboxylic acids is 2. The molecule has 214 valence electrons. The first-order valence-corrected chi connectivity index (χ1v) is 13.9. The van der Waals surface area contributed by atoms with Gasteiger partial charge in [0.15, 0.2) is 0 Å². The number of hydrogen-bond donors (Lipinski definition) is 2. The van der Waals surface area contributed by atoms with Crippen molar-refractivity contribution >= 4 is 23.5 Å². The fourth-order valence-electron chi connectivity index (χ4n) is 5.42. The molecule has 0 radical (unpaired) electrons. The molecule has 0 saturated carbocycles. The maximum atomic E-state index is 14.2. The van der Waals surface area contributed by atoms with E-state index in [9.17, 15) is 9.59 Å². The van der Waals surface area contributed by atoms with Crippen molar-refractivity contribution in [2.45, 2.75) is 44.8 Å². The summed E-state index contributed by atoms with van der Waals surface area (Å²) in [5, 5.41) is 3.64. The van der Waals surface area contributed by atoms with Crippen LogP contribution in [0.1, 0.15) is 43.7 Å². The standard InChI is InChI=1S/C30H37ClN4O5/c1-4-30(11-14-35(19-30)17-21-8-7-13-33-16-21)40-29(37)27-24(18-39-15-12-32)34-20(2)25(28(36)38-3)26(27)22-9-5-6-10-23(22)31/h5-10,13,16,26,34H,4,11-12,14-15,17-19,32H2,1-3H3. The molecule has 0 bridgehead atoms. The fraction of sp³-hybridized carbons (Fsp3) is 0.433. The summed E-state index contributed by atoms with van der Waals surface area (Å²) in [4.78, 5) is 33.8. The van der Waals surface area contributed by atoms with Crippen LogP contribution in [0.25, 0.3) is 0 Å². The lowest BCUT2D eigenvalue weighted by Gasteiger charge is -2.34. The Morgan fingerprint density at radius 3 is 2.67 bits per heavy atom. The lowest BCUT2D eigenvalue weighted by Crippen LogP contribution is -2.41. The number of rotatable bonds is 11. The lowest BCUT2D eigenvalue weighted by molar-refractivity contribution is -0.154. The van der Waals surface area contributed by atoms with Crippen molar-refractivity contribution in [3.05, 3.63) is 87.5 Å². The normalized spacial score (nSPS) is 21.4. The van der Waals surface area contributed by atoms with Crippen LogP contribution in [0.4, 0.5) is 0 Å². The van der Waals surface area contributed by atoms with Gasteiger partial charge in [0.25, 0.3) is 0 Å². The maximum absolute atomic E-state index is 14.2. The SMILES string of the molecule is CCC1(OC(=O)C2=C(COCCN)NC(C)=C(C(=O)OC)C2c2ccccc2Cl)CCN(Cc2cccnc2)C1. The van der Waals surface area contributed by atoms with Crippen LogP contribution in [-0.2, 0) is 30.3 Å². The summed E-state index contributed by atoms with van der Waals surface area (Å²) in [7, 11) is 1.31. The van der Waals surface area contributed by atoms with Gasteiger partial charge in [-0.1, -0.05) is 42.8 Å². The second-order valence-electron chi connectivity index (χ2n) is 10.1. The van der Waals surface area contributed by atoms with Gasteiger partial charge in [-0.15, -0.1) is 0 Å². The van der Waals surface area contributed by atoms with Crippen LogP contribution in [0.5, 0.6) is 0 Å². The minimum Gasteiger partial charge on any atom is -0.466 e. The molecule has 1 fully saturated rings. The molecule has 2 aliphatic rings. The van der Waals surface area contributed by atoms with E-state index in [1.165, 1.54) is 7.11 Å². The molecule has 2 unspecified atom stereocenters. The molecule has 2 atom stereocenters. The number of benzene rings is 1. The number of aromatic nitrogens is 1. The van der Waals surface area contributed by atoms with Crippen molar-refractivity contribution in [2.75, 3.05) is 40.0 Å². The molecule has 0 spiro atoms. The van der Waals surface area contributed by atoms with Gasteiger partial charge in [0.05, 0.1) is 43.1 Å². The van der Waals surface area contributed by atoms with Crippen molar-refractivity contribution in [3.8, 4) is 0 Å². The molecule has 1 aromatic carbocycles. The average molecular weight is 569 g/mol. The maximum Gasteiger partial charge on any atom is 0.337 e. The molecule has 40 heavy (non-hydrogen) atoms. The van der Waals surface area contributed by atoms with E-state index in [1.807, 2.05) is 31.3 Å². The third-order valence-corrected chi connectivity index (χ3v) is 7.82. The predicted molar refractivity (Wildman–Crippen MR) is 152 cm³/mol. The summed E-state index contributed by atoms with van der Waals surface area (Å²) in [5.41, 5.74) is 8.27. The van der Waals surface area contributed by atoms with Crippen molar-refractivity contribution in [2.24, 2.45) is 5.73 Å². The molecule has 2 aromatic rings. The third kappa shape index (κ3) is 6.55. The van der Waals surface area contributed by atoms with E-state index in [0.29, 0.717) is 66.6 Å². The number of nitrogens with two attached hydrogens (primary N) is 1. The second-order valence-corrected chi connectivity index (χ2v) is 10.5. The number of methoxy groups -OCH3 is 1. The Kier molecular flexibility index (Phi) is 9.97. The second kappa shape index (κ2) is 13.4. The van der Waals surface area contributed by atoms with Gasteiger partial charge in [-0.05, 0) is 36.6 Å². The molecule has 1 saturated heterocycles. The predicted octanol–water partition coefficient (Wildman–Crippen LogP) is 3.70. The number of halogens is 1. The minimum atomic E-state index is -0.812. The quantitative estimate of drug-likeness (QED) is 0.309. The fourth-order valence-corrected chi connectivity index (χ4v) is 5.66. The summed E-state index contributed by atoms with van der Waals surface area (Å²) < 4.78 is 17.3. The van der Waals surface area contributed by atoms with Crippen LogP contribution in [-0.4, -0.2) is 67.4 Å². The molecule has 9 nitrogen and oxygen atoms in total. The van der Waals surface area contributed by atoms with E-state index in [-0.39, 0.29) is 12.2 Å². The number of hydrogen-bond acceptors (Lipinski definition) is 9. The van der Waals surface area contributed by atoms with Crippen molar-refractivity contribution in [3.63, 3.8) is 0 Å². The molecule has 3 N–H and O–H groups in total. The number of allylic oxidation sites excluding steroid dienone is 1. The van der Waals surface area contributed by atoms with Gasteiger partial charge in [-0.2, -0.15) is 0 Å². The van der Waals surface area contributed by atoms with E-state index < -0.39 is 23.5 Å². The van der Waals surface area contributed by atoms with E-state index in [0.717, 1.165) is 12.1 Å².